The van der Waals surface area contributed by atoms with Crippen LogP contribution in [-0.4, -0.2) is 31.2 Å². The molecule has 0 spiro atoms. The number of aromatic nitrogens is 2. The van der Waals surface area contributed by atoms with Crippen LogP contribution in [0.15, 0.2) is 96.2 Å². The van der Waals surface area contributed by atoms with E-state index in [1.807, 2.05) is 36.5 Å². The SMILES string of the molecule is COc1ccccc1NS(=O)(=O)c1cccc(C(=O)NCc2ccc(-n3cccn3)cc2)c1. The molecule has 3 aromatic carbocycles. The summed E-state index contributed by atoms with van der Waals surface area (Å²) in [6.07, 6.45) is 3.55. The molecule has 1 aromatic heterocycles. The molecule has 33 heavy (non-hydrogen) atoms. The Balaban J connectivity index is 1.44. The number of rotatable bonds is 8. The summed E-state index contributed by atoms with van der Waals surface area (Å²) < 4.78 is 35.1. The number of methoxy groups -OCH3 is 1. The van der Waals surface area contributed by atoms with E-state index in [1.54, 1.807) is 41.2 Å². The largest absolute Gasteiger partial charge is 0.495 e. The highest BCUT2D eigenvalue weighted by molar-refractivity contribution is 7.92. The van der Waals surface area contributed by atoms with E-state index < -0.39 is 10.0 Å². The molecule has 0 bridgehead atoms. The first kappa shape index (κ1) is 22.1. The van der Waals surface area contributed by atoms with E-state index in [-0.39, 0.29) is 16.4 Å². The zero-order valence-electron chi connectivity index (χ0n) is 17.8. The van der Waals surface area contributed by atoms with E-state index in [0.29, 0.717) is 18.0 Å². The first-order chi connectivity index (χ1) is 16.0. The van der Waals surface area contributed by atoms with Crippen molar-refractivity contribution in [2.75, 3.05) is 11.8 Å². The van der Waals surface area contributed by atoms with Crippen molar-refractivity contribution >= 4 is 21.6 Å². The molecule has 4 aromatic rings. The third-order valence-electron chi connectivity index (χ3n) is 4.92. The first-order valence-electron chi connectivity index (χ1n) is 10.1. The molecule has 2 N–H and O–H groups in total. The fraction of sp³-hybridized carbons (Fsp3) is 0.0833. The van der Waals surface area contributed by atoms with Gasteiger partial charge in [0.2, 0.25) is 0 Å². The van der Waals surface area contributed by atoms with Gasteiger partial charge in [0.25, 0.3) is 15.9 Å². The van der Waals surface area contributed by atoms with Crippen LogP contribution in [0.2, 0.25) is 0 Å². The van der Waals surface area contributed by atoms with Crippen molar-refractivity contribution in [1.29, 1.82) is 0 Å². The van der Waals surface area contributed by atoms with Crippen molar-refractivity contribution in [3.05, 3.63) is 102 Å². The normalized spacial score (nSPS) is 11.1. The lowest BCUT2D eigenvalue weighted by Crippen LogP contribution is -2.23. The average molecular weight is 463 g/mol. The number of hydrogen-bond donors (Lipinski definition) is 2. The predicted octanol–water partition coefficient (Wildman–Crippen LogP) is 3.61. The van der Waals surface area contributed by atoms with Crippen LogP contribution >= 0.6 is 0 Å². The number of benzene rings is 3. The number of nitrogens with zero attached hydrogens (tertiary/aromatic N) is 2. The standard InChI is InChI=1S/C24H22N4O4S/c1-32-23-9-3-2-8-22(23)27-33(30,31)21-7-4-6-19(16-21)24(29)25-17-18-10-12-20(13-11-18)28-15-5-14-26-28/h2-16,27H,17H2,1H3,(H,25,29). The van der Waals surface area contributed by atoms with E-state index in [2.05, 4.69) is 15.1 Å². The molecule has 8 nitrogen and oxygen atoms in total. The molecule has 0 aliphatic rings. The molecule has 9 heteroatoms. The smallest absolute Gasteiger partial charge is 0.262 e. The van der Waals surface area contributed by atoms with E-state index in [4.69, 9.17) is 4.74 Å². The number of nitrogens with one attached hydrogen (secondary N) is 2. The molecule has 0 radical (unpaired) electrons. The fourth-order valence-electron chi connectivity index (χ4n) is 3.21. The highest BCUT2D eigenvalue weighted by Gasteiger charge is 2.18. The Kier molecular flexibility index (Phi) is 6.41. The molecule has 0 unspecified atom stereocenters. The van der Waals surface area contributed by atoms with Crippen LogP contribution in [-0.2, 0) is 16.6 Å². The van der Waals surface area contributed by atoms with Gasteiger partial charge in [0.1, 0.15) is 5.75 Å². The van der Waals surface area contributed by atoms with Gasteiger partial charge in [0, 0.05) is 24.5 Å². The lowest BCUT2D eigenvalue weighted by Gasteiger charge is -2.12. The Hall–Kier alpha value is -4.11. The number of para-hydroxylation sites is 2. The van der Waals surface area contributed by atoms with Gasteiger partial charge in [-0.25, -0.2) is 13.1 Å². The van der Waals surface area contributed by atoms with Gasteiger partial charge in [0.05, 0.1) is 23.4 Å². The van der Waals surface area contributed by atoms with Crippen molar-refractivity contribution in [3.63, 3.8) is 0 Å². The molecule has 0 saturated carbocycles. The molecular formula is C24H22N4O4S. The molecule has 0 saturated heterocycles. The highest BCUT2D eigenvalue weighted by Crippen LogP contribution is 2.26. The second-order valence-corrected chi connectivity index (χ2v) is 8.82. The maximum Gasteiger partial charge on any atom is 0.262 e. The maximum absolute atomic E-state index is 12.8. The van der Waals surface area contributed by atoms with Gasteiger partial charge >= 0.3 is 0 Å². The Morgan fingerprint density at radius 2 is 1.79 bits per heavy atom. The summed E-state index contributed by atoms with van der Waals surface area (Å²) in [5.74, 6) is 0.0223. The van der Waals surface area contributed by atoms with Gasteiger partial charge in [-0.05, 0) is 54.1 Å². The number of hydrogen-bond acceptors (Lipinski definition) is 5. The fourth-order valence-corrected chi connectivity index (χ4v) is 4.33. The summed E-state index contributed by atoms with van der Waals surface area (Å²) in [7, 11) is -2.45. The van der Waals surface area contributed by atoms with Crippen LogP contribution in [0.25, 0.3) is 5.69 Å². The number of ether oxygens (including phenoxy) is 1. The quantitative estimate of drug-likeness (QED) is 0.416. The van der Waals surface area contributed by atoms with E-state index in [1.165, 1.54) is 25.3 Å². The van der Waals surface area contributed by atoms with E-state index in [9.17, 15) is 13.2 Å². The van der Waals surface area contributed by atoms with Gasteiger partial charge in [-0.1, -0.05) is 30.3 Å². The molecular weight excluding hydrogens is 440 g/mol. The Bertz CT molecular complexity index is 1350. The average Bonchev–Trinajstić information content (AvgIpc) is 3.38. The summed E-state index contributed by atoms with van der Waals surface area (Å²) in [6, 6.07) is 22.0. The second-order valence-electron chi connectivity index (χ2n) is 7.13. The van der Waals surface area contributed by atoms with Gasteiger partial charge in [-0.2, -0.15) is 5.10 Å². The second kappa shape index (κ2) is 9.58. The molecule has 0 aliphatic carbocycles. The lowest BCUT2D eigenvalue weighted by molar-refractivity contribution is 0.0950. The molecule has 0 atom stereocenters. The zero-order chi connectivity index (χ0) is 23.3. The van der Waals surface area contributed by atoms with Crippen LogP contribution in [0.3, 0.4) is 0 Å². The molecule has 0 fully saturated rings. The maximum atomic E-state index is 12.8. The summed E-state index contributed by atoms with van der Waals surface area (Å²) in [4.78, 5) is 12.6. The number of amides is 1. The number of anilines is 1. The molecule has 168 valence electrons. The minimum Gasteiger partial charge on any atom is -0.495 e. The monoisotopic (exact) mass is 462 g/mol. The van der Waals surface area contributed by atoms with Gasteiger partial charge < -0.3 is 10.1 Å². The van der Waals surface area contributed by atoms with Crippen molar-refractivity contribution in [1.82, 2.24) is 15.1 Å². The summed E-state index contributed by atoms with van der Waals surface area (Å²) >= 11 is 0. The van der Waals surface area contributed by atoms with E-state index in [0.717, 1.165) is 11.3 Å². The number of carbonyl (C=O) groups is 1. The zero-order valence-corrected chi connectivity index (χ0v) is 18.6. The summed E-state index contributed by atoms with van der Waals surface area (Å²) in [5.41, 5.74) is 2.37. The number of sulfonamides is 1. The van der Waals surface area contributed by atoms with Crippen molar-refractivity contribution in [3.8, 4) is 11.4 Å². The topological polar surface area (TPSA) is 102 Å². The minimum atomic E-state index is -3.91. The minimum absolute atomic E-state index is 0.0235. The van der Waals surface area contributed by atoms with Crippen LogP contribution in [0, 0.1) is 0 Å². The van der Waals surface area contributed by atoms with Crippen LogP contribution in [0.1, 0.15) is 15.9 Å². The molecule has 0 aliphatic heterocycles. The highest BCUT2D eigenvalue weighted by atomic mass is 32.2. The summed E-state index contributed by atoms with van der Waals surface area (Å²) in [6.45, 7) is 0.300. The molecule has 1 amide bonds. The van der Waals surface area contributed by atoms with Crippen molar-refractivity contribution in [2.45, 2.75) is 11.4 Å². The molecule has 1 heterocycles. The van der Waals surface area contributed by atoms with Crippen LogP contribution in [0.5, 0.6) is 5.75 Å². The Morgan fingerprint density at radius 1 is 1.00 bits per heavy atom. The van der Waals surface area contributed by atoms with Crippen LogP contribution in [0.4, 0.5) is 5.69 Å². The third-order valence-corrected chi connectivity index (χ3v) is 6.28. The Labute approximate surface area is 191 Å². The molecule has 4 rings (SSSR count). The van der Waals surface area contributed by atoms with Gasteiger partial charge in [-0.3, -0.25) is 9.52 Å². The third kappa shape index (κ3) is 5.21. The first-order valence-corrected chi connectivity index (χ1v) is 11.6. The number of carbonyl (C=O) groups excluding carboxylic acids is 1. The van der Waals surface area contributed by atoms with E-state index >= 15 is 0 Å². The predicted molar refractivity (Wildman–Crippen MR) is 125 cm³/mol. The van der Waals surface area contributed by atoms with Crippen LogP contribution < -0.4 is 14.8 Å². The van der Waals surface area contributed by atoms with Crippen molar-refractivity contribution in [2.24, 2.45) is 0 Å². The van der Waals surface area contributed by atoms with Gasteiger partial charge in [-0.15, -0.1) is 0 Å². The van der Waals surface area contributed by atoms with Gasteiger partial charge in [0.15, 0.2) is 0 Å². The lowest BCUT2D eigenvalue weighted by atomic mass is 10.2. The van der Waals surface area contributed by atoms with Crippen molar-refractivity contribution < 1.29 is 17.9 Å². The Morgan fingerprint density at radius 3 is 2.52 bits per heavy atom. The summed E-state index contributed by atoms with van der Waals surface area (Å²) in [5, 5.41) is 7.00.